The molecule has 1 N–H and O–H groups in total. The number of aryl methyl sites for hydroxylation is 2. The number of sulfone groups is 1. The highest BCUT2D eigenvalue weighted by molar-refractivity contribution is 7.90. The van der Waals surface area contributed by atoms with E-state index in [0.29, 0.717) is 11.4 Å². The Morgan fingerprint density at radius 3 is 2.39 bits per heavy atom. The Labute approximate surface area is 187 Å². The average molecular weight is 481 g/mol. The van der Waals surface area contributed by atoms with Crippen LogP contribution < -0.4 is 10.1 Å². The molecule has 2 heterocycles. The van der Waals surface area contributed by atoms with Crippen LogP contribution in [-0.4, -0.2) is 40.7 Å². The Kier molecular flexibility index (Phi) is 6.36. The lowest BCUT2D eigenvalue weighted by Crippen LogP contribution is -2.21. The minimum absolute atomic E-state index is 0.0463. The fourth-order valence-corrected chi connectivity index (χ4v) is 3.55. The Balaban J connectivity index is 2.08. The van der Waals surface area contributed by atoms with Gasteiger partial charge < -0.3 is 10.1 Å². The summed E-state index contributed by atoms with van der Waals surface area (Å²) in [4.78, 5) is 21.1. The van der Waals surface area contributed by atoms with Crippen LogP contribution in [0.3, 0.4) is 0 Å². The van der Waals surface area contributed by atoms with Crippen molar-refractivity contribution in [3.8, 4) is 11.8 Å². The fraction of sp³-hybridized carbons (Fsp3) is 0.250. The zero-order valence-electron chi connectivity index (χ0n) is 17.9. The second-order valence-corrected chi connectivity index (χ2v) is 9.13. The molecule has 3 aromatic rings. The number of amides is 1. The van der Waals surface area contributed by atoms with Crippen LogP contribution in [0.15, 0.2) is 35.4 Å². The summed E-state index contributed by atoms with van der Waals surface area (Å²) in [6.45, 7) is 4.31. The number of benzene rings is 1. The molecular weight excluding hydrogens is 463 g/mol. The highest BCUT2D eigenvalue weighted by atomic mass is 32.2. The van der Waals surface area contributed by atoms with Crippen LogP contribution in [0.4, 0.5) is 18.9 Å². The van der Waals surface area contributed by atoms with E-state index in [4.69, 9.17) is 4.74 Å². The smallest absolute Gasteiger partial charge is 0.416 e. The third kappa shape index (κ3) is 5.42. The number of anilines is 1. The number of ether oxygens (including phenoxy) is 1. The number of carbonyl (C=O) groups excluding carboxylic acids is 1. The lowest BCUT2D eigenvalue weighted by Gasteiger charge is -2.16. The molecular formula is C20H18F3N5O4S. The molecule has 1 aromatic carbocycles. The van der Waals surface area contributed by atoms with E-state index in [1.165, 1.54) is 30.5 Å². The summed E-state index contributed by atoms with van der Waals surface area (Å²) in [5, 5.41) is 9.04. The predicted molar refractivity (Wildman–Crippen MR) is 111 cm³/mol. The molecule has 174 valence electrons. The Bertz CT molecular complexity index is 1340. The predicted octanol–water partition coefficient (Wildman–Crippen LogP) is 3.66. The van der Waals surface area contributed by atoms with Crippen molar-refractivity contribution >= 4 is 21.4 Å². The molecule has 0 aliphatic carbocycles. The van der Waals surface area contributed by atoms with E-state index >= 15 is 0 Å². The van der Waals surface area contributed by atoms with Gasteiger partial charge in [0, 0.05) is 11.9 Å². The van der Waals surface area contributed by atoms with Crippen molar-refractivity contribution in [3.63, 3.8) is 0 Å². The molecule has 0 bridgehead atoms. The van der Waals surface area contributed by atoms with Gasteiger partial charge in [0.15, 0.2) is 15.5 Å². The lowest BCUT2D eigenvalue weighted by atomic mass is 10.1. The summed E-state index contributed by atoms with van der Waals surface area (Å²) in [6.07, 6.45) is -2.51. The quantitative estimate of drug-likeness (QED) is 0.586. The number of aromatic nitrogens is 4. The van der Waals surface area contributed by atoms with Crippen LogP contribution in [0, 0.1) is 20.8 Å². The number of nitrogens with one attached hydrogen (secondary N) is 1. The van der Waals surface area contributed by atoms with Crippen molar-refractivity contribution < 1.29 is 31.1 Å². The fourth-order valence-electron chi connectivity index (χ4n) is 2.88. The van der Waals surface area contributed by atoms with Crippen molar-refractivity contribution in [2.75, 3.05) is 11.6 Å². The van der Waals surface area contributed by atoms with E-state index in [1.54, 1.807) is 13.8 Å². The van der Waals surface area contributed by atoms with Gasteiger partial charge in [0.25, 0.3) is 11.8 Å². The largest absolute Gasteiger partial charge is 0.435 e. The molecule has 0 aliphatic heterocycles. The van der Waals surface area contributed by atoms with Gasteiger partial charge >= 0.3 is 6.18 Å². The van der Waals surface area contributed by atoms with Gasteiger partial charge in [-0.2, -0.15) is 13.2 Å². The van der Waals surface area contributed by atoms with Crippen LogP contribution in [0.2, 0.25) is 0 Å². The zero-order valence-corrected chi connectivity index (χ0v) is 18.7. The van der Waals surface area contributed by atoms with Crippen LogP contribution in [0.5, 0.6) is 11.8 Å². The maximum atomic E-state index is 13.4. The van der Waals surface area contributed by atoms with Crippen molar-refractivity contribution in [2.24, 2.45) is 0 Å². The number of rotatable bonds is 5. The van der Waals surface area contributed by atoms with Crippen molar-refractivity contribution in [1.82, 2.24) is 20.2 Å². The second-order valence-electron chi connectivity index (χ2n) is 7.11. The normalized spacial score (nSPS) is 11.8. The molecule has 0 saturated heterocycles. The maximum Gasteiger partial charge on any atom is 0.435 e. The van der Waals surface area contributed by atoms with Crippen molar-refractivity contribution in [1.29, 1.82) is 0 Å². The number of hydrogen-bond donors (Lipinski definition) is 1. The maximum absolute atomic E-state index is 13.4. The van der Waals surface area contributed by atoms with Gasteiger partial charge in [0.05, 0.1) is 16.8 Å². The lowest BCUT2D eigenvalue weighted by molar-refractivity contribution is -0.142. The molecule has 0 fully saturated rings. The van der Waals surface area contributed by atoms with Crippen LogP contribution in [0.25, 0.3) is 0 Å². The van der Waals surface area contributed by atoms with E-state index in [-0.39, 0.29) is 16.5 Å². The summed E-state index contributed by atoms with van der Waals surface area (Å²) >= 11 is 0. The first-order chi connectivity index (χ1) is 15.3. The molecule has 0 spiro atoms. The molecule has 9 nitrogen and oxygen atoms in total. The number of halogens is 3. The van der Waals surface area contributed by atoms with Gasteiger partial charge in [0.2, 0.25) is 5.88 Å². The Morgan fingerprint density at radius 1 is 1.09 bits per heavy atom. The number of alkyl halides is 3. The second kappa shape index (κ2) is 8.73. The molecule has 0 radical (unpaired) electrons. The van der Waals surface area contributed by atoms with E-state index in [2.05, 4.69) is 25.5 Å². The third-order valence-electron chi connectivity index (χ3n) is 4.42. The molecule has 33 heavy (non-hydrogen) atoms. The van der Waals surface area contributed by atoms with E-state index in [1.807, 2.05) is 0 Å². The van der Waals surface area contributed by atoms with Crippen LogP contribution in [0.1, 0.15) is 33.0 Å². The number of carbonyl (C=O) groups is 1. The summed E-state index contributed by atoms with van der Waals surface area (Å²) in [5.74, 6) is -1.59. The van der Waals surface area contributed by atoms with Crippen molar-refractivity contribution in [3.05, 3.63) is 58.7 Å². The molecule has 3 rings (SSSR count). The zero-order chi connectivity index (χ0) is 24.6. The standard InChI is InChI=1S/C20H18F3N5O4S/c1-10-9-24-18(12(3)25-10)32-19-15(11(2)16(27-28-19)20(21,22)23)17(29)26-13-6-5-7-14(8-13)33(4,30)31/h5-9H,1-4H3,(H,26,29). The Hall–Kier alpha value is -3.61. The van der Waals surface area contributed by atoms with Crippen LogP contribution in [-0.2, 0) is 16.0 Å². The average Bonchev–Trinajstić information content (AvgIpc) is 2.68. The van der Waals surface area contributed by atoms with Gasteiger partial charge in [-0.25, -0.2) is 13.4 Å². The van der Waals surface area contributed by atoms with Gasteiger partial charge in [-0.05, 0) is 44.5 Å². The third-order valence-corrected chi connectivity index (χ3v) is 5.53. The summed E-state index contributed by atoms with van der Waals surface area (Å²) in [7, 11) is -3.58. The number of nitrogens with zero attached hydrogens (tertiary/aromatic N) is 4. The van der Waals surface area contributed by atoms with Gasteiger partial charge in [-0.1, -0.05) is 6.07 Å². The monoisotopic (exact) mass is 481 g/mol. The summed E-state index contributed by atoms with van der Waals surface area (Å²) in [6, 6.07) is 5.27. The van der Waals surface area contributed by atoms with Gasteiger partial charge in [-0.3, -0.25) is 9.78 Å². The topological polar surface area (TPSA) is 124 Å². The highest BCUT2D eigenvalue weighted by Gasteiger charge is 2.38. The minimum atomic E-state index is -4.87. The van der Waals surface area contributed by atoms with Crippen molar-refractivity contribution in [2.45, 2.75) is 31.8 Å². The molecule has 13 heteroatoms. The molecule has 0 aliphatic rings. The summed E-state index contributed by atoms with van der Waals surface area (Å²) < 4.78 is 69.3. The summed E-state index contributed by atoms with van der Waals surface area (Å²) in [5.41, 5.74) is -1.48. The van der Waals surface area contributed by atoms with E-state index < -0.39 is 44.6 Å². The molecule has 1 amide bonds. The highest BCUT2D eigenvalue weighted by Crippen LogP contribution is 2.35. The molecule has 0 unspecified atom stereocenters. The van der Waals surface area contributed by atoms with Gasteiger partial charge in [-0.15, -0.1) is 10.2 Å². The van der Waals surface area contributed by atoms with E-state index in [0.717, 1.165) is 13.2 Å². The van der Waals surface area contributed by atoms with Crippen LogP contribution >= 0.6 is 0 Å². The Morgan fingerprint density at radius 2 is 1.79 bits per heavy atom. The van der Waals surface area contributed by atoms with E-state index in [9.17, 15) is 26.4 Å². The first-order valence-corrected chi connectivity index (χ1v) is 11.2. The first-order valence-electron chi connectivity index (χ1n) is 9.31. The molecule has 0 atom stereocenters. The molecule has 2 aromatic heterocycles. The minimum Gasteiger partial charge on any atom is -0.416 e. The van der Waals surface area contributed by atoms with Gasteiger partial charge in [0.1, 0.15) is 11.3 Å². The SMILES string of the molecule is Cc1cnc(Oc2nnc(C(F)(F)F)c(C)c2C(=O)Nc2cccc(S(C)(=O)=O)c2)c(C)n1. The first kappa shape index (κ1) is 24.0. The number of hydrogen-bond acceptors (Lipinski definition) is 8. The molecule has 0 saturated carbocycles.